The molecule has 1 aliphatic heterocycles. The molecule has 2 atom stereocenters. The van der Waals surface area contributed by atoms with Crippen molar-refractivity contribution in [1.82, 2.24) is 10.2 Å². The number of oxime groups is 1. The Morgan fingerprint density at radius 3 is 2.67 bits per heavy atom. The molecule has 164 valence electrons. The van der Waals surface area contributed by atoms with E-state index in [9.17, 15) is 18.4 Å². The summed E-state index contributed by atoms with van der Waals surface area (Å²) in [6, 6.07) is 2.88. The molecule has 0 bridgehead atoms. The predicted octanol–water partition coefficient (Wildman–Crippen LogP) is 3.73. The van der Waals surface area contributed by atoms with E-state index >= 15 is 0 Å². The second-order valence-electron chi connectivity index (χ2n) is 7.87. The van der Waals surface area contributed by atoms with Crippen LogP contribution in [0.2, 0.25) is 0 Å². The van der Waals surface area contributed by atoms with E-state index in [4.69, 9.17) is 17.1 Å². The number of amides is 1. The smallest absolute Gasteiger partial charge is 0.357 e. The molecule has 1 amide bonds. The molecule has 2 rings (SSSR count). The van der Waals surface area contributed by atoms with Gasteiger partial charge >= 0.3 is 5.97 Å². The van der Waals surface area contributed by atoms with Gasteiger partial charge in [0.15, 0.2) is 11.6 Å². The lowest BCUT2D eigenvalue weighted by Crippen LogP contribution is -2.46. The predicted molar refractivity (Wildman–Crippen MR) is 114 cm³/mol. The van der Waals surface area contributed by atoms with Crippen molar-refractivity contribution < 1.29 is 23.2 Å². The number of hydrogen-bond acceptors (Lipinski definition) is 5. The standard InChI is InChI=1S/C21H27F2N3O3S/c1-12(2)20(21(28)29-25-13(3)4)24-17(27)10-15-8-9-18(30)26(15)11-14-6-5-7-16(22)19(14)23/h5-7,12,15,20H,8-11H2,1-4H3,(H,24,27)/t15-,20-/m0/s1. The molecule has 1 fully saturated rings. The van der Waals surface area contributed by atoms with E-state index in [1.54, 1.807) is 32.6 Å². The van der Waals surface area contributed by atoms with Gasteiger partial charge in [0.25, 0.3) is 0 Å². The molecule has 0 saturated carbocycles. The van der Waals surface area contributed by atoms with Crippen LogP contribution in [-0.2, 0) is 21.0 Å². The number of hydrogen-bond donors (Lipinski definition) is 1. The van der Waals surface area contributed by atoms with Gasteiger partial charge < -0.3 is 15.1 Å². The first-order valence-electron chi connectivity index (χ1n) is 9.84. The molecule has 0 spiro atoms. The quantitative estimate of drug-likeness (QED) is 0.289. The number of likely N-dealkylation sites (tertiary alicyclic amines) is 1. The zero-order valence-corrected chi connectivity index (χ0v) is 18.4. The number of nitrogens with one attached hydrogen (secondary N) is 1. The van der Waals surface area contributed by atoms with E-state index < -0.39 is 23.6 Å². The van der Waals surface area contributed by atoms with Crippen molar-refractivity contribution in [3.8, 4) is 0 Å². The average molecular weight is 440 g/mol. The van der Waals surface area contributed by atoms with Crippen molar-refractivity contribution in [2.24, 2.45) is 11.1 Å². The van der Waals surface area contributed by atoms with Crippen LogP contribution in [0.25, 0.3) is 0 Å². The van der Waals surface area contributed by atoms with Crippen LogP contribution in [0.5, 0.6) is 0 Å². The summed E-state index contributed by atoms with van der Waals surface area (Å²) in [6.07, 6.45) is 1.29. The summed E-state index contributed by atoms with van der Waals surface area (Å²) in [5, 5.41) is 6.35. The van der Waals surface area contributed by atoms with Crippen molar-refractivity contribution in [3.63, 3.8) is 0 Å². The number of nitrogens with zero attached hydrogens (tertiary/aromatic N) is 2. The number of carbonyl (C=O) groups excluding carboxylic acids is 2. The van der Waals surface area contributed by atoms with Gasteiger partial charge in [-0.1, -0.05) is 43.4 Å². The SMILES string of the molecule is CC(C)=NOC(=O)[C@@H](NC(=O)C[C@@H]1CCC(=S)N1Cc1cccc(F)c1F)C(C)C. The number of benzene rings is 1. The van der Waals surface area contributed by atoms with Gasteiger partial charge in [0.2, 0.25) is 5.91 Å². The van der Waals surface area contributed by atoms with E-state index in [0.717, 1.165) is 6.07 Å². The number of halogens is 2. The lowest BCUT2D eigenvalue weighted by Gasteiger charge is -2.27. The van der Waals surface area contributed by atoms with Crippen molar-refractivity contribution in [2.75, 3.05) is 0 Å². The first kappa shape index (κ1) is 23.9. The van der Waals surface area contributed by atoms with Crippen LogP contribution < -0.4 is 5.32 Å². The molecule has 0 radical (unpaired) electrons. The summed E-state index contributed by atoms with van der Waals surface area (Å²) in [7, 11) is 0. The average Bonchev–Trinajstić information content (AvgIpc) is 3.00. The van der Waals surface area contributed by atoms with Crippen molar-refractivity contribution in [2.45, 2.75) is 65.6 Å². The monoisotopic (exact) mass is 439 g/mol. The Balaban J connectivity index is 2.04. The Bertz CT molecular complexity index is 841. The molecule has 30 heavy (non-hydrogen) atoms. The summed E-state index contributed by atoms with van der Waals surface area (Å²) in [5.74, 6) is -3.02. The Kier molecular flexibility index (Phi) is 8.40. The zero-order chi connectivity index (χ0) is 22.4. The normalized spacial score (nSPS) is 17.1. The van der Waals surface area contributed by atoms with E-state index in [1.807, 2.05) is 0 Å². The third-order valence-corrected chi connectivity index (χ3v) is 5.24. The zero-order valence-electron chi connectivity index (χ0n) is 17.6. The van der Waals surface area contributed by atoms with Gasteiger partial charge in [-0.15, -0.1) is 0 Å². The molecule has 1 aliphatic rings. The minimum absolute atomic E-state index is 0.0731. The van der Waals surface area contributed by atoms with Gasteiger partial charge in [0.1, 0.15) is 6.04 Å². The van der Waals surface area contributed by atoms with Crippen LogP contribution in [0.1, 0.15) is 52.5 Å². The maximum Gasteiger partial charge on any atom is 0.357 e. The Labute approximate surface area is 180 Å². The number of thiocarbonyl (C=S) groups is 1. The highest BCUT2D eigenvalue weighted by atomic mass is 32.1. The van der Waals surface area contributed by atoms with E-state index in [1.165, 1.54) is 12.1 Å². The molecule has 0 aromatic heterocycles. The van der Waals surface area contributed by atoms with Gasteiger partial charge in [0.05, 0.1) is 10.7 Å². The molecule has 1 aromatic rings. The van der Waals surface area contributed by atoms with Crippen LogP contribution in [0.4, 0.5) is 8.78 Å². The van der Waals surface area contributed by atoms with Gasteiger partial charge in [0, 0.05) is 24.6 Å². The molecule has 9 heteroatoms. The molecule has 1 aromatic carbocycles. The van der Waals surface area contributed by atoms with Crippen molar-refractivity contribution in [3.05, 3.63) is 35.4 Å². The van der Waals surface area contributed by atoms with Gasteiger partial charge in [-0.05, 0) is 38.7 Å². The lowest BCUT2D eigenvalue weighted by atomic mass is 10.0. The Hall–Kier alpha value is -2.42. The molecular formula is C21H27F2N3O3S. The highest BCUT2D eigenvalue weighted by Crippen LogP contribution is 2.26. The van der Waals surface area contributed by atoms with Gasteiger partial charge in [-0.3, -0.25) is 4.79 Å². The third-order valence-electron chi connectivity index (χ3n) is 4.80. The Morgan fingerprint density at radius 1 is 1.33 bits per heavy atom. The molecule has 0 aliphatic carbocycles. The fourth-order valence-corrected chi connectivity index (χ4v) is 3.55. The lowest BCUT2D eigenvalue weighted by molar-refractivity contribution is -0.149. The highest BCUT2D eigenvalue weighted by Gasteiger charge is 2.33. The molecular weight excluding hydrogens is 412 g/mol. The van der Waals surface area contributed by atoms with E-state index in [2.05, 4.69) is 10.5 Å². The first-order valence-corrected chi connectivity index (χ1v) is 10.2. The summed E-state index contributed by atoms with van der Waals surface area (Å²) in [5.41, 5.74) is 0.762. The van der Waals surface area contributed by atoms with E-state index in [-0.39, 0.29) is 36.4 Å². The summed E-state index contributed by atoms with van der Waals surface area (Å²) in [6.45, 7) is 7.04. The Morgan fingerprint density at radius 2 is 2.03 bits per heavy atom. The molecule has 1 N–H and O–H groups in total. The minimum atomic E-state index is -0.921. The highest BCUT2D eigenvalue weighted by molar-refractivity contribution is 7.80. The molecule has 6 nitrogen and oxygen atoms in total. The van der Waals surface area contributed by atoms with Crippen LogP contribution in [0, 0.1) is 17.6 Å². The molecule has 1 saturated heterocycles. The third kappa shape index (κ3) is 6.29. The van der Waals surface area contributed by atoms with Gasteiger partial charge in [-0.25, -0.2) is 13.6 Å². The minimum Gasteiger partial charge on any atom is -0.358 e. The van der Waals surface area contributed by atoms with Crippen LogP contribution in [-0.4, -0.2) is 39.6 Å². The van der Waals surface area contributed by atoms with Gasteiger partial charge in [-0.2, -0.15) is 0 Å². The topological polar surface area (TPSA) is 71.0 Å². The van der Waals surface area contributed by atoms with Crippen LogP contribution >= 0.6 is 12.2 Å². The largest absolute Gasteiger partial charge is 0.358 e. The van der Waals surface area contributed by atoms with E-state index in [0.29, 0.717) is 23.5 Å². The second kappa shape index (κ2) is 10.6. The summed E-state index contributed by atoms with van der Waals surface area (Å²) < 4.78 is 27.6. The second-order valence-corrected chi connectivity index (χ2v) is 8.34. The number of carbonyl (C=O) groups is 2. The summed E-state index contributed by atoms with van der Waals surface area (Å²) in [4.78, 5) is 32.1. The van der Waals surface area contributed by atoms with Crippen molar-refractivity contribution in [1.29, 1.82) is 0 Å². The fraction of sp³-hybridized carbons (Fsp3) is 0.524. The number of rotatable bonds is 8. The fourth-order valence-electron chi connectivity index (χ4n) is 3.21. The summed E-state index contributed by atoms with van der Waals surface area (Å²) >= 11 is 5.36. The first-order chi connectivity index (χ1) is 14.1. The maximum absolute atomic E-state index is 14.1. The van der Waals surface area contributed by atoms with Crippen LogP contribution in [0.15, 0.2) is 23.4 Å². The van der Waals surface area contributed by atoms with Crippen molar-refractivity contribution >= 4 is 34.8 Å². The molecule has 1 heterocycles. The molecule has 0 unspecified atom stereocenters. The van der Waals surface area contributed by atoms with Crippen LogP contribution in [0.3, 0.4) is 0 Å². The maximum atomic E-state index is 14.1.